The van der Waals surface area contributed by atoms with E-state index in [4.69, 9.17) is 9.84 Å². The van der Waals surface area contributed by atoms with E-state index in [1.807, 2.05) is 62.0 Å². The van der Waals surface area contributed by atoms with Gasteiger partial charge < -0.3 is 14.6 Å². The number of hydrogen-bond donors (Lipinski definition) is 1. The van der Waals surface area contributed by atoms with E-state index in [0.717, 1.165) is 22.6 Å². The molecular weight excluding hydrogens is 328 g/mol. The summed E-state index contributed by atoms with van der Waals surface area (Å²) in [7, 11) is 3.57. The maximum absolute atomic E-state index is 12.7. The Hall–Kier alpha value is -2.86. The van der Waals surface area contributed by atoms with Crippen molar-refractivity contribution < 1.29 is 9.53 Å². The smallest absolute Gasteiger partial charge is 0.270 e. The second-order valence-electron chi connectivity index (χ2n) is 6.37. The molecule has 0 aliphatic carbocycles. The molecule has 2 heterocycles. The molecule has 136 valence electrons. The highest BCUT2D eigenvalue weighted by molar-refractivity contribution is 5.94. The number of carbonyl (C=O) groups is 1. The minimum Gasteiger partial charge on any atom is -0.383 e. The lowest BCUT2D eigenvalue weighted by molar-refractivity contribution is 0.0929. The topological polar surface area (TPSA) is 61.1 Å². The van der Waals surface area contributed by atoms with E-state index in [2.05, 4.69) is 11.4 Å². The van der Waals surface area contributed by atoms with Crippen LogP contribution in [0.2, 0.25) is 0 Å². The van der Waals surface area contributed by atoms with Crippen LogP contribution in [-0.2, 0) is 11.8 Å². The zero-order valence-electron chi connectivity index (χ0n) is 15.6. The van der Waals surface area contributed by atoms with E-state index >= 15 is 0 Å². The predicted molar refractivity (Wildman–Crippen MR) is 102 cm³/mol. The minimum atomic E-state index is -0.171. The number of carbonyl (C=O) groups excluding carboxylic acids is 1. The number of methoxy groups -OCH3 is 1. The van der Waals surface area contributed by atoms with Crippen LogP contribution in [-0.4, -0.2) is 40.5 Å². The van der Waals surface area contributed by atoms with Crippen molar-refractivity contribution in [3.05, 3.63) is 59.4 Å². The molecule has 0 atom stereocenters. The van der Waals surface area contributed by atoms with Crippen molar-refractivity contribution in [1.82, 2.24) is 19.7 Å². The molecule has 3 rings (SSSR count). The average Bonchev–Trinajstić information content (AvgIpc) is 3.21. The number of hydrogen-bond acceptors (Lipinski definition) is 3. The third-order valence-corrected chi connectivity index (χ3v) is 4.32. The first-order chi connectivity index (χ1) is 12.5. The molecule has 0 aliphatic heterocycles. The molecular formula is C20H24N4O2. The number of amides is 1. The SMILES string of the molecule is COCCNC(=O)c1cc(-c2cccn2C)nn1-c1ccc(C)cc1C. The Morgan fingerprint density at radius 2 is 2.04 bits per heavy atom. The van der Waals surface area contributed by atoms with Crippen molar-refractivity contribution in [2.75, 3.05) is 20.3 Å². The van der Waals surface area contributed by atoms with Gasteiger partial charge in [-0.2, -0.15) is 5.10 Å². The Kier molecular flexibility index (Phi) is 5.23. The molecule has 0 radical (unpaired) electrons. The zero-order valence-corrected chi connectivity index (χ0v) is 15.6. The molecule has 26 heavy (non-hydrogen) atoms. The molecule has 1 amide bonds. The Bertz CT molecular complexity index is 924. The highest BCUT2D eigenvalue weighted by Gasteiger charge is 2.19. The van der Waals surface area contributed by atoms with Crippen LogP contribution < -0.4 is 5.32 Å². The Morgan fingerprint density at radius 1 is 1.23 bits per heavy atom. The fourth-order valence-electron chi connectivity index (χ4n) is 2.98. The number of rotatable bonds is 6. The second-order valence-corrected chi connectivity index (χ2v) is 6.37. The maximum atomic E-state index is 12.7. The van der Waals surface area contributed by atoms with Crippen LogP contribution >= 0.6 is 0 Å². The number of benzene rings is 1. The summed E-state index contributed by atoms with van der Waals surface area (Å²) in [5.41, 5.74) is 5.36. The van der Waals surface area contributed by atoms with Crippen LogP contribution in [0.15, 0.2) is 42.6 Å². The number of aryl methyl sites for hydroxylation is 3. The fraction of sp³-hybridized carbons (Fsp3) is 0.300. The summed E-state index contributed by atoms with van der Waals surface area (Å²) in [6, 6.07) is 11.9. The van der Waals surface area contributed by atoms with Gasteiger partial charge in [-0.15, -0.1) is 0 Å². The van der Waals surface area contributed by atoms with Crippen molar-refractivity contribution in [2.24, 2.45) is 7.05 Å². The van der Waals surface area contributed by atoms with Crippen LogP contribution in [0.1, 0.15) is 21.6 Å². The molecule has 0 fully saturated rings. The van der Waals surface area contributed by atoms with Gasteiger partial charge in [0.1, 0.15) is 11.4 Å². The Labute approximate surface area is 153 Å². The number of aromatic nitrogens is 3. The van der Waals surface area contributed by atoms with E-state index in [9.17, 15) is 4.79 Å². The summed E-state index contributed by atoms with van der Waals surface area (Å²) in [4.78, 5) is 12.7. The van der Waals surface area contributed by atoms with Crippen LogP contribution in [0.5, 0.6) is 0 Å². The first-order valence-corrected chi connectivity index (χ1v) is 8.58. The van der Waals surface area contributed by atoms with Gasteiger partial charge in [-0.1, -0.05) is 17.7 Å². The Balaban J connectivity index is 2.07. The monoisotopic (exact) mass is 352 g/mol. The van der Waals surface area contributed by atoms with Crippen LogP contribution in [0.25, 0.3) is 17.1 Å². The lowest BCUT2D eigenvalue weighted by Crippen LogP contribution is -2.29. The third kappa shape index (κ3) is 3.55. The number of nitrogens with one attached hydrogen (secondary N) is 1. The predicted octanol–water partition coefficient (Wildman–Crippen LogP) is 2.87. The number of nitrogens with zero attached hydrogens (tertiary/aromatic N) is 3. The largest absolute Gasteiger partial charge is 0.383 e. The van der Waals surface area contributed by atoms with Crippen molar-refractivity contribution >= 4 is 5.91 Å². The summed E-state index contributed by atoms with van der Waals surface area (Å²) in [6.07, 6.45) is 1.96. The van der Waals surface area contributed by atoms with E-state index in [1.165, 1.54) is 5.56 Å². The lowest BCUT2D eigenvalue weighted by atomic mass is 10.1. The van der Waals surface area contributed by atoms with Gasteiger partial charge in [0.2, 0.25) is 0 Å². The van der Waals surface area contributed by atoms with Crippen molar-refractivity contribution in [2.45, 2.75) is 13.8 Å². The first kappa shape index (κ1) is 17.9. The van der Waals surface area contributed by atoms with Crippen LogP contribution in [0.3, 0.4) is 0 Å². The third-order valence-electron chi connectivity index (χ3n) is 4.32. The minimum absolute atomic E-state index is 0.171. The molecule has 0 saturated carbocycles. The van der Waals surface area contributed by atoms with E-state index < -0.39 is 0 Å². The standard InChI is InChI=1S/C20H24N4O2/c1-14-7-8-17(15(2)12-14)24-19(20(25)21-9-11-26-4)13-16(22-24)18-6-5-10-23(18)3/h5-8,10,12-13H,9,11H2,1-4H3,(H,21,25). The Morgan fingerprint density at radius 3 is 2.69 bits per heavy atom. The van der Waals surface area contributed by atoms with Gasteiger partial charge in [0.05, 0.1) is 18.0 Å². The van der Waals surface area contributed by atoms with E-state index in [-0.39, 0.29) is 5.91 Å². The zero-order chi connectivity index (χ0) is 18.7. The normalized spacial score (nSPS) is 10.9. The highest BCUT2D eigenvalue weighted by Crippen LogP contribution is 2.24. The number of ether oxygens (including phenoxy) is 1. The lowest BCUT2D eigenvalue weighted by Gasteiger charge is -2.11. The van der Waals surface area contributed by atoms with Gasteiger partial charge in [-0.05, 0) is 43.7 Å². The first-order valence-electron chi connectivity index (χ1n) is 8.58. The molecule has 0 saturated heterocycles. The average molecular weight is 352 g/mol. The molecule has 0 spiro atoms. The van der Waals surface area contributed by atoms with Crippen molar-refractivity contribution in [3.8, 4) is 17.1 Å². The summed E-state index contributed by atoms with van der Waals surface area (Å²) in [6.45, 7) is 4.99. The molecule has 1 N–H and O–H groups in total. The van der Waals surface area contributed by atoms with Gasteiger partial charge in [0.15, 0.2) is 0 Å². The summed E-state index contributed by atoms with van der Waals surface area (Å²) < 4.78 is 8.72. The van der Waals surface area contributed by atoms with Crippen LogP contribution in [0.4, 0.5) is 0 Å². The van der Waals surface area contributed by atoms with Crippen LogP contribution in [0, 0.1) is 13.8 Å². The van der Waals surface area contributed by atoms with Crippen molar-refractivity contribution in [1.29, 1.82) is 0 Å². The van der Waals surface area contributed by atoms with E-state index in [1.54, 1.807) is 11.8 Å². The van der Waals surface area contributed by atoms with Gasteiger partial charge in [0.25, 0.3) is 5.91 Å². The van der Waals surface area contributed by atoms with Gasteiger partial charge >= 0.3 is 0 Å². The van der Waals surface area contributed by atoms with Crippen molar-refractivity contribution in [3.63, 3.8) is 0 Å². The highest BCUT2D eigenvalue weighted by atomic mass is 16.5. The van der Waals surface area contributed by atoms with E-state index in [0.29, 0.717) is 18.8 Å². The molecule has 3 aromatic rings. The fourth-order valence-corrected chi connectivity index (χ4v) is 2.98. The summed E-state index contributed by atoms with van der Waals surface area (Å²) >= 11 is 0. The summed E-state index contributed by atoms with van der Waals surface area (Å²) in [5.74, 6) is -0.171. The molecule has 0 aliphatic rings. The quantitative estimate of drug-likeness (QED) is 0.694. The summed E-state index contributed by atoms with van der Waals surface area (Å²) in [5, 5.41) is 7.61. The molecule has 6 heteroatoms. The molecule has 2 aromatic heterocycles. The molecule has 0 bridgehead atoms. The molecule has 0 unspecified atom stereocenters. The maximum Gasteiger partial charge on any atom is 0.270 e. The van der Waals surface area contributed by atoms with Gasteiger partial charge in [-0.25, -0.2) is 4.68 Å². The molecule has 1 aromatic carbocycles. The molecule has 6 nitrogen and oxygen atoms in total. The second kappa shape index (κ2) is 7.58. The van der Waals surface area contributed by atoms with Gasteiger partial charge in [0, 0.05) is 26.9 Å². The van der Waals surface area contributed by atoms with Gasteiger partial charge in [-0.3, -0.25) is 4.79 Å².